The average Bonchev–Trinajstić information content (AvgIpc) is 1.72. The van der Waals surface area contributed by atoms with Crippen molar-refractivity contribution < 1.29 is 0 Å². The van der Waals surface area contributed by atoms with Gasteiger partial charge in [-0.25, -0.2) is 0 Å². The van der Waals surface area contributed by atoms with Crippen LogP contribution in [0.3, 0.4) is 0 Å². The fourth-order valence-corrected chi connectivity index (χ4v) is 2.73. The van der Waals surface area contributed by atoms with E-state index in [1.54, 1.807) is 0 Å². The molecule has 0 nitrogen and oxygen atoms in total. The molecule has 0 N–H and O–H groups in total. The topological polar surface area (TPSA) is 0 Å². The molecule has 0 radical (unpaired) electrons. The third-order valence-corrected chi connectivity index (χ3v) is 3.23. The lowest BCUT2D eigenvalue weighted by Gasteiger charge is -2.05. The second kappa shape index (κ2) is 4.85. The molecule has 0 saturated carbocycles. The summed E-state index contributed by atoms with van der Waals surface area (Å²) in [5, 5.41) is 0. The first-order chi connectivity index (χ1) is 3.00. The zero-order valence-electron chi connectivity index (χ0n) is 3.64. The average molecular weight is 136 g/mol. The van der Waals surface area contributed by atoms with Crippen LogP contribution in [-0.4, -0.2) is 23.0 Å². The van der Waals surface area contributed by atoms with E-state index < -0.39 is 0 Å². The van der Waals surface area contributed by atoms with Gasteiger partial charge in [0, 0.05) is 23.0 Å². The van der Waals surface area contributed by atoms with Gasteiger partial charge in [-0.3, -0.25) is 0 Å². The van der Waals surface area contributed by atoms with Crippen LogP contribution in [0.5, 0.6) is 0 Å². The molecular weight excluding hydrogens is 124 g/mol. The van der Waals surface area contributed by atoms with Crippen molar-refractivity contribution in [2.75, 3.05) is 23.0 Å². The van der Waals surface area contributed by atoms with Gasteiger partial charge in [0.05, 0.1) is 0 Å². The van der Waals surface area contributed by atoms with E-state index in [2.05, 4.69) is 23.5 Å². The summed E-state index contributed by atoms with van der Waals surface area (Å²) in [6.45, 7) is 0. The minimum Gasteiger partial charge on any atom is -0.160 e. The Bertz CT molecular complexity index is 21.6. The molecule has 2 heteroatoms. The van der Waals surface area contributed by atoms with E-state index >= 15 is 0 Å². The fourth-order valence-electron chi connectivity index (χ4n) is 0.440. The van der Waals surface area contributed by atoms with Crippen LogP contribution in [0.1, 0.15) is 7.43 Å². The Morgan fingerprint density at radius 1 is 0.714 bits per heavy atom. The lowest BCUT2D eigenvalue weighted by atomic mass is 10.9. The van der Waals surface area contributed by atoms with Gasteiger partial charge in [0.15, 0.2) is 0 Å². The monoisotopic (exact) mass is 136 g/mol. The van der Waals surface area contributed by atoms with Crippen LogP contribution in [0.25, 0.3) is 0 Å². The fraction of sp³-hybridized carbons (Fsp3) is 1.00. The van der Waals surface area contributed by atoms with Gasteiger partial charge in [0.1, 0.15) is 0 Å². The maximum absolute atomic E-state index is 2.07. The van der Waals surface area contributed by atoms with E-state index in [1.807, 2.05) is 0 Å². The van der Waals surface area contributed by atoms with Gasteiger partial charge in [-0.1, -0.05) is 7.43 Å². The second-order valence-corrected chi connectivity index (χ2v) is 3.67. The van der Waals surface area contributed by atoms with Crippen molar-refractivity contribution in [2.24, 2.45) is 0 Å². The van der Waals surface area contributed by atoms with Crippen molar-refractivity contribution in [3.05, 3.63) is 0 Å². The van der Waals surface area contributed by atoms with E-state index in [4.69, 9.17) is 0 Å². The molecule has 0 amide bonds. The number of hydrogen-bond acceptors (Lipinski definition) is 2. The van der Waals surface area contributed by atoms with Gasteiger partial charge in [-0.15, -0.1) is 0 Å². The van der Waals surface area contributed by atoms with Crippen molar-refractivity contribution >= 4 is 23.5 Å². The molecule has 1 saturated heterocycles. The normalized spacial score (nSPS) is 20.6. The summed E-state index contributed by atoms with van der Waals surface area (Å²) < 4.78 is 0. The molecule has 1 heterocycles. The number of thioether (sulfide) groups is 2. The number of rotatable bonds is 0. The first-order valence-corrected chi connectivity index (χ1v) is 4.46. The van der Waals surface area contributed by atoms with E-state index in [0.29, 0.717) is 0 Å². The molecule has 0 aromatic rings. The van der Waals surface area contributed by atoms with Gasteiger partial charge in [0.2, 0.25) is 0 Å². The molecular formula is C5H12S2. The summed E-state index contributed by atoms with van der Waals surface area (Å²) in [5.41, 5.74) is 0. The molecule has 0 aromatic heterocycles. The highest BCUT2D eigenvalue weighted by Crippen LogP contribution is 2.14. The standard InChI is InChI=1S/C4H8S2.CH4/c1-2-6-4-3-5-1;/h1-4H2;1H4. The highest BCUT2D eigenvalue weighted by atomic mass is 32.2. The molecule has 1 fully saturated rings. The Hall–Kier alpha value is 0.700. The number of hydrogen-bond donors (Lipinski definition) is 0. The summed E-state index contributed by atoms with van der Waals surface area (Å²) in [6.07, 6.45) is 0. The lowest BCUT2D eigenvalue weighted by molar-refractivity contribution is 1.43. The van der Waals surface area contributed by atoms with E-state index in [-0.39, 0.29) is 7.43 Å². The molecule has 1 rings (SSSR count). The Balaban J connectivity index is 0.000000360. The van der Waals surface area contributed by atoms with Gasteiger partial charge >= 0.3 is 0 Å². The summed E-state index contributed by atoms with van der Waals surface area (Å²) in [4.78, 5) is 0. The molecule has 0 bridgehead atoms. The Labute approximate surface area is 54.4 Å². The highest BCUT2D eigenvalue weighted by molar-refractivity contribution is 8.06. The Kier molecular flexibility index (Phi) is 5.33. The Morgan fingerprint density at radius 3 is 1.14 bits per heavy atom. The van der Waals surface area contributed by atoms with Crippen molar-refractivity contribution in [1.82, 2.24) is 0 Å². The molecule has 0 unspecified atom stereocenters. The molecule has 0 spiro atoms. The molecule has 44 valence electrons. The zero-order valence-corrected chi connectivity index (χ0v) is 5.28. The van der Waals surface area contributed by atoms with Crippen LogP contribution < -0.4 is 0 Å². The van der Waals surface area contributed by atoms with Gasteiger partial charge in [0.25, 0.3) is 0 Å². The molecule has 1 aliphatic rings. The van der Waals surface area contributed by atoms with E-state index in [0.717, 1.165) is 0 Å². The molecule has 7 heavy (non-hydrogen) atoms. The second-order valence-electron chi connectivity index (χ2n) is 1.22. The molecule has 0 atom stereocenters. The van der Waals surface area contributed by atoms with Gasteiger partial charge < -0.3 is 0 Å². The molecule has 1 aliphatic heterocycles. The summed E-state index contributed by atoms with van der Waals surface area (Å²) in [5.74, 6) is 5.52. The van der Waals surface area contributed by atoms with E-state index in [1.165, 1.54) is 23.0 Å². The van der Waals surface area contributed by atoms with Gasteiger partial charge in [-0.2, -0.15) is 23.5 Å². The predicted molar refractivity (Wildman–Crippen MR) is 41.4 cm³/mol. The highest BCUT2D eigenvalue weighted by Gasteiger charge is 1.95. The summed E-state index contributed by atoms with van der Waals surface area (Å²) >= 11 is 4.15. The SMILES string of the molecule is C.C1CSCCS1. The van der Waals surface area contributed by atoms with Crippen LogP contribution in [0.4, 0.5) is 0 Å². The first kappa shape index (κ1) is 7.70. The maximum Gasteiger partial charge on any atom is 0.00238 e. The minimum absolute atomic E-state index is 0. The van der Waals surface area contributed by atoms with Crippen LogP contribution in [-0.2, 0) is 0 Å². The predicted octanol–water partition coefficient (Wildman–Crippen LogP) is 2.10. The molecule has 0 aliphatic carbocycles. The lowest BCUT2D eigenvalue weighted by Crippen LogP contribution is -1.97. The van der Waals surface area contributed by atoms with Crippen LogP contribution in [0, 0.1) is 0 Å². The van der Waals surface area contributed by atoms with Crippen molar-refractivity contribution in [2.45, 2.75) is 7.43 Å². The van der Waals surface area contributed by atoms with E-state index in [9.17, 15) is 0 Å². The van der Waals surface area contributed by atoms with Crippen molar-refractivity contribution in [3.8, 4) is 0 Å². The van der Waals surface area contributed by atoms with Crippen LogP contribution >= 0.6 is 23.5 Å². The summed E-state index contributed by atoms with van der Waals surface area (Å²) in [7, 11) is 0. The third-order valence-electron chi connectivity index (χ3n) is 0.744. The van der Waals surface area contributed by atoms with Crippen LogP contribution in [0.15, 0.2) is 0 Å². The zero-order chi connectivity index (χ0) is 4.24. The first-order valence-electron chi connectivity index (χ1n) is 2.15. The van der Waals surface area contributed by atoms with Crippen molar-refractivity contribution in [1.29, 1.82) is 0 Å². The van der Waals surface area contributed by atoms with Crippen molar-refractivity contribution in [3.63, 3.8) is 0 Å². The largest absolute Gasteiger partial charge is 0.160 e. The van der Waals surface area contributed by atoms with Gasteiger partial charge in [-0.05, 0) is 0 Å². The van der Waals surface area contributed by atoms with Crippen LogP contribution in [0.2, 0.25) is 0 Å². The molecule has 0 aromatic carbocycles. The Morgan fingerprint density at radius 2 is 1.00 bits per heavy atom. The maximum atomic E-state index is 2.07. The minimum atomic E-state index is 0. The summed E-state index contributed by atoms with van der Waals surface area (Å²) in [6, 6.07) is 0. The third kappa shape index (κ3) is 3.30. The quantitative estimate of drug-likeness (QED) is 0.500. The smallest absolute Gasteiger partial charge is 0.00238 e.